The lowest BCUT2D eigenvalue weighted by Crippen LogP contribution is -2.51. The van der Waals surface area contributed by atoms with Crippen LogP contribution in [-0.2, 0) is 14.3 Å². The second kappa shape index (κ2) is 10.2. The van der Waals surface area contributed by atoms with Gasteiger partial charge in [-0.1, -0.05) is 31.0 Å². The number of fused-ring (bicyclic) bond motifs is 1. The molecule has 4 rings (SSSR count). The smallest absolute Gasteiger partial charge is 0.321 e. The van der Waals surface area contributed by atoms with Gasteiger partial charge in [0, 0.05) is 31.4 Å². The summed E-state index contributed by atoms with van der Waals surface area (Å²) in [5.41, 5.74) is 0.755. The number of piperidine rings is 2. The van der Waals surface area contributed by atoms with Crippen LogP contribution in [0, 0.1) is 11.8 Å². The molecular weight excluding hydrogens is 394 g/mol. The highest BCUT2D eigenvalue weighted by atomic mass is 16.5. The molecule has 31 heavy (non-hydrogen) atoms. The molecule has 2 aliphatic heterocycles. The Morgan fingerprint density at radius 1 is 0.903 bits per heavy atom. The number of nitrogens with one attached hydrogen (secondary N) is 1. The molecule has 7 heteroatoms. The van der Waals surface area contributed by atoms with E-state index in [0.29, 0.717) is 37.9 Å². The van der Waals surface area contributed by atoms with Crippen molar-refractivity contribution in [3.05, 3.63) is 30.3 Å². The van der Waals surface area contributed by atoms with E-state index in [1.54, 1.807) is 4.90 Å². The van der Waals surface area contributed by atoms with E-state index in [-0.39, 0.29) is 30.4 Å². The molecule has 0 unspecified atom stereocenters. The number of esters is 1. The summed E-state index contributed by atoms with van der Waals surface area (Å²) >= 11 is 0. The zero-order valence-corrected chi connectivity index (χ0v) is 18.1. The predicted octanol–water partition coefficient (Wildman–Crippen LogP) is 3.65. The van der Waals surface area contributed by atoms with Crippen LogP contribution in [-0.4, -0.2) is 60.0 Å². The number of hydrogen-bond donors (Lipinski definition) is 1. The Hall–Kier alpha value is -2.57. The minimum absolute atomic E-state index is 0.0513. The number of nitrogens with zero attached hydrogens (tertiary/aromatic N) is 2. The molecule has 0 radical (unpaired) electrons. The van der Waals surface area contributed by atoms with E-state index in [2.05, 4.69) is 5.32 Å². The average molecular weight is 428 g/mol. The molecule has 1 aliphatic carbocycles. The van der Waals surface area contributed by atoms with E-state index in [4.69, 9.17) is 4.74 Å². The van der Waals surface area contributed by atoms with Gasteiger partial charge in [-0.2, -0.15) is 0 Å². The van der Waals surface area contributed by atoms with Crippen LogP contribution in [0.2, 0.25) is 0 Å². The number of hydrogen-bond acceptors (Lipinski definition) is 4. The van der Waals surface area contributed by atoms with Crippen LogP contribution in [0.25, 0.3) is 0 Å². The van der Waals surface area contributed by atoms with Crippen molar-refractivity contribution in [2.24, 2.45) is 11.8 Å². The van der Waals surface area contributed by atoms with Gasteiger partial charge in [-0.15, -0.1) is 0 Å². The Balaban J connectivity index is 1.20. The summed E-state index contributed by atoms with van der Waals surface area (Å²) in [4.78, 5) is 41.4. The van der Waals surface area contributed by atoms with E-state index < -0.39 is 0 Å². The molecule has 3 fully saturated rings. The van der Waals surface area contributed by atoms with E-state index in [1.807, 2.05) is 35.2 Å². The fraction of sp³-hybridized carbons (Fsp3) is 0.625. The summed E-state index contributed by atoms with van der Waals surface area (Å²) in [6, 6.07) is 9.51. The van der Waals surface area contributed by atoms with Gasteiger partial charge in [-0.3, -0.25) is 9.59 Å². The molecule has 0 spiro atoms. The van der Waals surface area contributed by atoms with Gasteiger partial charge in [-0.25, -0.2) is 4.79 Å². The van der Waals surface area contributed by atoms with Crippen LogP contribution >= 0.6 is 0 Å². The van der Waals surface area contributed by atoms with Crippen molar-refractivity contribution < 1.29 is 19.1 Å². The number of carbonyl (C=O) groups excluding carboxylic acids is 3. The van der Waals surface area contributed by atoms with E-state index in [1.165, 1.54) is 25.7 Å². The number of amides is 3. The Morgan fingerprint density at radius 2 is 1.61 bits per heavy atom. The van der Waals surface area contributed by atoms with Crippen LogP contribution in [0.15, 0.2) is 30.3 Å². The summed E-state index contributed by atoms with van der Waals surface area (Å²) in [6.07, 6.45) is 8.11. The first-order valence-corrected chi connectivity index (χ1v) is 11.7. The van der Waals surface area contributed by atoms with E-state index in [0.717, 1.165) is 25.1 Å². The summed E-state index contributed by atoms with van der Waals surface area (Å²) < 4.78 is 5.42. The zero-order chi connectivity index (χ0) is 21.6. The number of ether oxygens (including phenoxy) is 1. The summed E-state index contributed by atoms with van der Waals surface area (Å²) in [7, 11) is 0. The minimum atomic E-state index is -0.311. The standard InChI is InChI=1S/C24H33N3O4/c28-22(27-14-6-8-18-7-4-5-11-21(18)27)17-31-23(29)19-12-15-26(16-13-19)24(30)25-20-9-2-1-3-10-20/h1-3,9-10,18-19,21H,4-8,11-17H2,(H,25,30)/t18-,21+/m0/s1. The summed E-state index contributed by atoms with van der Waals surface area (Å²) in [5, 5.41) is 2.88. The molecule has 7 nitrogen and oxygen atoms in total. The Morgan fingerprint density at radius 3 is 2.39 bits per heavy atom. The monoisotopic (exact) mass is 427 g/mol. The molecule has 0 bridgehead atoms. The van der Waals surface area contributed by atoms with Crippen molar-refractivity contribution in [1.29, 1.82) is 0 Å². The first kappa shape index (κ1) is 21.7. The maximum absolute atomic E-state index is 12.7. The molecule has 2 atom stereocenters. The van der Waals surface area contributed by atoms with E-state index >= 15 is 0 Å². The molecule has 3 aliphatic rings. The van der Waals surface area contributed by atoms with Gasteiger partial charge < -0.3 is 19.9 Å². The quantitative estimate of drug-likeness (QED) is 0.744. The lowest BCUT2D eigenvalue weighted by atomic mass is 9.78. The highest BCUT2D eigenvalue weighted by molar-refractivity contribution is 5.89. The van der Waals surface area contributed by atoms with Crippen LogP contribution in [0.4, 0.5) is 10.5 Å². The Bertz CT molecular complexity index is 774. The van der Waals surface area contributed by atoms with Gasteiger partial charge in [-0.05, 0) is 56.6 Å². The second-order valence-corrected chi connectivity index (χ2v) is 9.01. The van der Waals surface area contributed by atoms with Crippen molar-refractivity contribution >= 4 is 23.6 Å². The Labute approximate surface area is 184 Å². The number of anilines is 1. The predicted molar refractivity (Wildman–Crippen MR) is 117 cm³/mol. The molecule has 1 saturated carbocycles. The van der Waals surface area contributed by atoms with Gasteiger partial charge in [0.15, 0.2) is 6.61 Å². The topological polar surface area (TPSA) is 79.0 Å². The van der Waals surface area contributed by atoms with Crippen LogP contribution < -0.4 is 5.32 Å². The zero-order valence-electron chi connectivity index (χ0n) is 18.1. The molecule has 1 aromatic rings. The van der Waals surface area contributed by atoms with Crippen LogP contribution in [0.3, 0.4) is 0 Å². The van der Waals surface area contributed by atoms with Gasteiger partial charge >= 0.3 is 12.0 Å². The summed E-state index contributed by atoms with van der Waals surface area (Å²) in [6.45, 7) is 1.63. The number of para-hydroxylation sites is 1. The largest absolute Gasteiger partial charge is 0.455 e. The van der Waals surface area contributed by atoms with Gasteiger partial charge in [0.25, 0.3) is 5.91 Å². The molecule has 2 heterocycles. The minimum Gasteiger partial charge on any atom is -0.455 e. The Kier molecular flexibility index (Phi) is 7.10. The molecular formula is C24H33N3O4. The van der Waals surface area contributed by atoms with Gasteiger partial charge in [0.05, 0.1) is 5.92 Å². The molecule has 1 N–H and O–H groups in total. The first-order valence-electron chi connectivity index (χ1n) is 11.7. The third-order valence-corrected chi connectivity index (χ3v) is 7.04. The highest BCUT2D eigenvalue weighted by Gasteiger charge is 2.36. The van der Waals surface area contributed by atoms with Crippen molar-refractivity contribution in [2.45, 2.75) is 57.4 Å². The third kappa shape index (κ3) is 5.38. The van der Waals surface area contributed by atoms with Crippen molar-refractivity contribution in [3.63, 3.8) is 0 Å². The number of benzene rings is 1. The second-order valence-electron chi connectivity index (χ2n) is 9.01. The molecule has 0 aromatic heterocycles. The SMILES string of the molecule is O=C(OCC(=O)N1CCC[C@@H]2CCCC[C@H]21)C1CCN(C(=O)Nc2ccccc2)CC1. The lowest BCUT2D eigenvalue weighted by Gasteiger charge is -2.44. The first-order chi connectivity index (χ1) is 15.1. The average Bonchev–Trinajstić information content (AvgIpc) is 2.82. The van der Waals surface area contributed by atoms with Crippen molar-refractivity contribution in [1.82, 2.24) is 9.80 Å². The van der Waals surface area contributed by atoms with Gasteiger partial charge in [0.1, 0.15) is 0 Å². The normalized spacial score (nSPS) is 24.3. The maximum Gasteiger partial charge on any atom is 0.321 e. The number of rotatable bonds is 4. The van der Waals surface area contributed by atoms with Crippen LogP contribution in [0.5, 0.6) is 0 Å². The maximum atomic E-state index is 12.7. The van der Waals surface area contributed by atoms with Crippen molar-refractivity contribution in [2.75, 3.05) is 31.6 Å². The molecule has 168 valence electrons. The van der Waals surface area contributed by atoms with Crippen molar-refractivity contribution in [3.8, 4) is 0 Å². The number of carbonyl (C=O) groups is 3. The fourth-order valence-electron chi connectivity index (χ4n) is 5.31. The summed E-state index contributed by atoms with van der Waals surface area (Å²) in [5.74, 6) is 0.00386. The third-order valence-electron chi connectivity index (χ3n) is 7.04. The lowest BCUT2D eigenvalue weighted by molar-refractivity contribution is -0.158. The molecule has 2 saturated heterocycles. The van der Waals surface area contributed by atoms with Crippen LogP contribution in [0.1, 0.15) is 51.4 Å². The fourth-order valence-corrected chi connectivity index (χ4v) is 5.31. The number of likely N-dealkylation sites (tertiary alicyclic amines) is 2. The number of urea groups is 1. The molecule has 3 amide bonds. The van der Waals surface area contributed by atoms with Gasteiger partial charge in [0.2, 0.25) is 0 Å². The highest BCUT2D eigenvalue weighted by Crippen LogP contribution is 2.35. The molecule has 1 aromatic carbocycles. The van der Waals surface area contributed by atoms with E-state index in [9.17, 15) is 14.4 Å².